The number of likely N-dealkylation sites (tertiary alicyclic amines) is 1. The molecule has 1 N–H and O–H groups in total. The molecule has 1 fully saturated rings. The third kappa shape index (κ3) is 6.28. The van der Waals surface area contributed by atoms with Crippen molar-refractivity contribution in [1.82, 2.24) is 10.2 Å². The Labute approximate surface area is 131 Å². The summed E-state index contributed by atoms with van der Waals surface area (Å²) in [6.07, 6.45) is 4.79. The molecule has 0 saturated carbocycles. The summed E-state index contributed by atoms with van der Waals surface area (Å²) in [6, 6.07) is 0. The molecule has 0 aromatic heterocycles. The lowest BCUT2D eigenvalue weighted by Crippen LogP contribution is -2.43. The Balaban J connectivity index is 2.29. The van der Waals surface area contributed by atoms with E-state index >= 15 is 0 Å². The molecule has 6 heteroatoms. The van der Waals surface area contributed by atoms with Gasteiger partial charge in [-0.2, -0.15) is 0 Å². The highest BCUT2D eigenvalue weighted by molar-refractivity contribution is 5.82. The van der Waals surface area contributed by atoms with Crippen molar-refractivity contribution >= 4 is 17.8 Å². The van der Waals surface area contributed by atoms with Crippen LogP contribution in [0.2, 0.25) is 0 Å². The first-order valence-corrected chi connectivity index (χ1v) is 7.74. The van der Waals surface area contributed by atoms with E-state index in [-0.39, 0.29) is 17.7 Å². The number of nitrogens with one attached hydrogen (secondary N) is 1. The quantitative estimate of drug-likeness (QED) is 0.589. The minimum Gasteiger partial charge on any atom is -0.466 e. The SMILES string of the molecule is COC(=O)/C=C/CNC(=O)C1CCN(C(=O)CC(C)C)CC1. The number of methoxy groups -OCH3 is 1. The van der Waals surface area contributed by atoms with Crippen LogP contribution in [0.15, 0.2) is 12.2 Å². The Kier molecular flexibility index (Phi) is 7.63. The van der Waals surface area contributed by atoms with Gasteiger partial charge in [0.25, 0.3) is 0 Å². The van der Waals surface area contributed by atoms with Crippen LogP contribution in [0.3, 0.4) is 0 Å². The number of amides is 2. The molecule has 0 aliphatic carbocycles. The molecule has 124 valence electrons. The molecule has 2 amide bonds. The van der Waals surface area contributed by atoms with Crippen molar-refractivity contribution in [2.75, 3.05) is 26.7 Å². The van der Waals surface area contributed by atoms with Crippen molar-refractivity contribution in [3.05, 3.63) is 12.2 Å². The topological polar surface area (TPSA) is 75.7 Å². The van der Waals surface area contributed by atoms with Crippen LogP contribution in [0, 0.1) is 11.8 Å². The molecule has 0 radical (unpaired) electrons. The number of ether oxygens (including phenoxy) is 1. The van der Waals surface area contributed by atoms with Gasteiger partial charge in [-0.3, -0.25) is 9.59 Å². The Hall–Kier alpha value is -1.85. The summed E-state index contributed by atoms with van der Waals surface area (Å²) in [6.45, 7) is 5.64. The van der Waals surface area contributed by atoms with Crippen LogP contribution in [-0.2, 0) is 19.1 Å². The number of hydrogen-bond acceptors (Lipinski definition) is 4. The molecular weight excluding hydrogens is 284 g/mol. The van der Waals surface area contributed by atoms with E-state index in [0.29, 0.717) is 44.8 Å². The molecule has 1 aliphatic heterocycles. The summed E-state index contributed by atoms with van der Waals surface area (Å²) in [4.78, 5) is 36.7. The van der Waals surface area contributed by atoms with Gasteiger partial charge in [0.1, 0.15) is 0 Å². The van der Waals surface area contributed by atoms with Crippen molar-refractivity contribution in [1.29, 1.82) is 0 Å². The minimum absolute atomic E-state index is 0.0227. The number of hydrogen-bond donors (Lipinski definition) is 1. The van der Waals surface area contributed by atoms with E-state index in [1.807, 2.05) is 18.7 Å². The highest BCUT2D eigenvalue weighted by Crippen LogP contribution is 2.18. The van der Waals surface area contributed by atoms with E-state index in [9.17, 15) is 14.4 Å². The van der Waals surface area contributed by atoms with Gasteiger partial charge in [-0.25, -0.2) is 4.79 Å². The molecule has 0 spiro atoms. The van der Waals surface area contributed by atoms with Gasteiger partial charge >= 0.3 is 5.97 Å². The Morgan fingerprint density at radius 1 is 1.27 bits per heavy atom. The van der Waals surface area contributed by atoms with Gasteiger partial charge in [-0.1, -0.05) is 19.9 Å². The number of nitrogens with zero attached hydrogens (tertiary/aromatic N) is 1. The lowest BCUT2D eigenvalue weighted by Gasteiger charge is -2.31. The summed E-state index contributed by atoms with van der Waals surface area (Å²) < 4.78 is 4.46. The van der Waals surface area contributed by atoms with Crippen molar-refractivity contribution < 1.29 is 19.1 Å². The molecular formula is C16H26N2O4. The maximum absolute atomic E-state index is 12.0. The molecule has 22 heavy (non-hydrogen) atoms. The van der Waals surface area contributed by atoms with E-state index in [2.05, 4.69) is 10.1 Å². The molecule has 0 bridgehead atoms. The minimum atomic E-state index is -0.439. The fraction of sp³-hybridized carbons (Fsp3) is 0.688. The molecule has 6 nitrogen and oxygen atoms in total. The van der Waals surface area contributed by atoms with Crippen LogP contribution < -0.4 is 5.32 Å². The molecule has 1 rings (SSSR count). The Bertz CT molecular complexity index is 424. The first kappa shape index (κ1) is 18.2. The highest BCUT2D eigenvalue weighted by Gasteiger charge is 2.27. The Morgan fingerprint density at radius 2 is 1.91 bits per heavy atom. The third-order valence-corrected chi connectivity index (χ3v) is 3.65. The lowest BCUT2D eigenvalue weighted by molar-refractivity contribution is -0.136. The maximum Gasteiger partial charge on any atom is 0.330 e. The summed E-state index contributed by atoms with van der Waals surface area (Å²) in [5.74, 6) is 0.0105. The van der Waals surface area contributed by atoms with E-state index in [0.717, 1.165) is 0 Å². The van der Waals surface area contributed by atoms with E-state index < -0.39 is 5.97 Å². The zero-order chi connectivity index (χ0) is 16.5. The smallest absolute Gasteiger partial charge is 0.330 e. The van der Waals surface area contributed by atoms with Crippen molar-refractivity contribution in [3.63, 3.8) is 0 Å². The van der Waals surface area contributed by atoms with Crippen LogP contribution in [0.1, 0.15) is 33.1 Å². The largest absolute Gasteiger partial charge is 0.466 e. The molecule has 1 aliphatic rings. The average molecular weight is 310 g/mol. The second-order valence-corrected chi connectivity index (χ2v) is 5.92. The normalized spacial score (nSPS) is 16.1. The van der Waals surface area contributed by atoms with E-state index in [4.69, 9.17) is 0 Å². The van der Waals surface area contributed by atoms with Crippen LogP contribution in [0.25, 0.3) is 0 Å². The predicted octanol–water partition coefficient (Wildman–Crippen LogP) is 1.12. The molecule has 0 unspecified atom stereocenters. The van der Waals surface area contributed by atoms with E-state index in [1.54, 1.807) is 6.08 Å². The molecule has 0 aromatic carbocycles. The zero-order valence-corrected chi connectivity index (χ0v) is 13.6. The maximum atomic E-state index is 12.0. The summed E-state index contributed by atoms with van der Waals surface area (Å²) >= 11 is 0. The molecule has 0 aromatic rings. The first-order chi connectivity index (χ1) is 10.4. The van der Waals surface area contributed by atoms with Crippen LogP contribution in [0.4, 0.5) is 0 Å². The lowest BCUT2D eigenvalue weighted by atomic mass is 9.95. The second-order valence-electron chi connectivity index (χ2n) is 5.92. The fourth-order valence-electron chi connectivity index (χ4n) is 2.40. The van der Waals surface area contributed by atoms with Gasteiger partial charge in [0.2, 0.25) is 11.8 Å². The van der Waals surface area contributed by atoms with E-state index in [1.165, 1.54) is 13.2 Å². The van der Waals surface area contributed by atoms with Crippen molar-refractivity contribution in [2.24, 2.45) is 11.8 Å². The monoisotopic (exact) mass is 310 g/mol. The van der Waals surface area contributed by atoms with Crippen LogP contribution >= 0.6 is 0 Å². The fourth-order valence-corrected chi connectivity index (χ4v) is 2.40. The van der Waals surface area contributed by atoms with Gasteiger partial charge in [-0.15, -0.1) is 0 Å². The average Bonchev–Trinajstić information content (AvgIpc) is 2.50. The van der Waals surface area contributed by atoms with Crippen LogP contribution in [-0.4, -0.2) is 49.4 Å². The first-order valence-electron chi connectivity index (χ1n) is 7.74. The van der Waals surface area contributed by atoms with Crippen LogP contribution in [0.5, 0.6) is 0 Å². The van der Waals surface area contributed by atoms with Crippen molar-refractivity contribution in [3.8, 4) is 0 Å². The number of rotatable bonds is 6. The second kappa shape index (κ2) is 9.23. The number of carbonyl (C=O) groups excluding carboxylic acids is 3. The summed E-state index contributed by atoms with van der Waals surface area (Å²) in [7, 11) is 1.31. The third-order valence-electron chi connectivity index (χ3n) is 3.65. The number of piperidine rings is 1. The number of esters is 1. The van der Waals surface area contributed by atoms with Gasteiger partial charge in [0.15, 0.2) is 0 Å². The number of carbonyl (C=O) groups is 3. The summed E-state index contributed by atoms with van der Waals surface area (Å²) in [5, 5.41) is 2.77. The van der Waals surface area contributed by atoms with Gasteiger partial charge in [0.05, 0.1) is 7.11 Å². The Morgan fingerprint density at radius 3 is 2.45 bits per heavy atom. The molecule has 1 heterocycles. The zero-order valence-electron chi connectivity index (χ0n) is 13.6. The standard InChI is InChI=1S/C16H26N2O4/c1-12(2)11-14(19)18-9-6-13(7-10-18)16(21)17-8-4-5-15(20)22-3/h4-5,12-13H,6-11H2,1-3H3,(H,17,21)/b5-4+. The molecule has 0 atom stereocenters. The van der Waals surface area contributed by atoms with Gasteiger partial charge in [-0.05, 0) is 18.8 Å². The van der Waals surface area contributed by atoms with Gasteiger partial charge in [0, 0.05) is 38.0 Å². The predicted molar refractivity (Wildman–Crippen MR) is 82.9 cm³/mol. The summed E-state index contributed by atoms with van der Waals surface area (Å²) in [5.41, 5.74) is 0. The molecule has 1 saturated heterocycles. The van der Waals surface area contributed by atoms with Gasteiger partial charge < -0.3 is 15.0 Å². The van der Waals surface area contributed by atoms with Crippen molar-refractivity contribution in [2.45, 2.75) is 33.1 Å². The highest BCUT2D eigenvalue weighted by atomic mass is 16.5.